The van der Waals surface area contributed by atoms with Gasteiger partial charge in [0.2, 0.25) is 5.91 Å². The highest BCUT2D eigenvalue weighted by Gasteiger charge is 2.23. The molecule has 7 heteroatoms. The summed E-state index contributed by atoms with van der Waals surface area (Å²) in [6.45, 7) is 5.76. The van der Waals surface area contributed by atoms with E-state index in [4.69, 9.17) is 5.11 Å². The van der Waals surface area contributed by atoms with Crippen LogP contribution in [-0.2, 0) is 19.4 Å². The van der Waals surface area contributed by atoms with Gasteiger partial charge in [-0.05, 0) is 11.8 Å². The van der Waals surface area contributed by atoms with Crippen molar-refractivity contribution in [1.82, 2.24) is 5.32 Å². The minimum Gasteiger partial charge on any atom is -0.481 e. The molecule has 0 aliphatic heterocycles. The minimum atomic E-state index is -3.40. The molecule has 0 heterocycles. The fourth-order valence-corrected chi connectivity index (χ4v) is 2.19. The van der Waals surface area contributed by atoms with E-state index in [-0.39, 0.29) is 11.8 Å². The number of carboxylic acids is 1. The molecule has 0 aliphatic carbocycles. The maximum Gasteiger partial charge on any atom is 0.305 e. The lowest BCUT2D eigenvalue weighted by Gasteiger charge is -2.25. The van der Waals surface area contributed by atoms with Gasteiger partial charge in [-0.3, -0.25) is 9.59 Å². The lowest BCUT2D eigenvalue weighted by atomic mass is 9.87. The summed E-state index contributed by atoms with van der Waals surface area (Å²) in [6.07, 6.45) is 1.21. The first-order valence-electron chi connectivity index (χ1n) is 5.58. The fourth-order valence-electron chi connectivity index (χ4n) is 1.63. The van der Waals surface area contributed by atoms with Gasteiger partial charge in [0.05, 0.1) is 6.42 Å². The molecule has 6 nitrogen and oxygen atoms in total. The Morgan fingerprint density at radius 3 is 2.11 bits per heavy atom. The smallest absolute Gasteiger partial charge is 0.305 e. The summed E-state index contributed by atoms with van der Waals surface area (Å²) >= 11 is 0. The first-order chi connectivity index (χ1) is 7.89. The van der Waals surface area contributed by atoms with Gasteiger partial charge in [0.15, 0.2) is 9.84 Å². The molecule has 0 fully saturated rings. The quantitative estimate of drug-likeness (QED) is 0.734. The summed E-state index contributed by atoms with van der Waals surface area (Å²) in [4.78, 5) is 22.1. The van der Waals surface area contributed by atoms with Gasteiger partial charge in [0, 0.05) is 12.3 Å². The molecule has 1 unspecified atom stereocenters. The maximum atomic E-state index is 11.5. The first kappa shape index (κ1) is 16.9. The molecule has 106 valence electrons. The number of rotatable bonds is 6. The predicted octanol–water partition coefficient (Wildman–Crippen LogP) is 0.427. The Kier molecular flexibility index (Phi) is 5.79. The lowest BCUT2D eigenvalue weighted by molar-refractivity contribution is -0.137. The minimum absolute atomic E-state index is 0.154. The molecule has 0 bridgehead atoms. The monoisotopic (exact) mass is 279 g/mol. The third-order valence-electron chi connectivity index (χ3n) is 2.04. The van der Waals surface area contributed by atoms with Crippen molar-refractivity contribution in [2.75, 3.05) is 12.0 Å². The SMILES string of the molecule is CC(C)(C)CC(CC(=O)O)NC(=O)CS(C)(=O)=O. The number of nitrogens with one attached hydrogen (secondary N) is 1. The van der Waals surface area contributed by atoms with Crippen molar-refractivity contribution in [3.05, 3.63) is 0 Å². The third-order valence-corrected chi connectivity index (χ3v) is 2.82. The summed E-state index contributed by atoms with van der Waals surface area (Å²) in [5, 5.41) is 11.2. The normalized spacial score (nSPS) is 14.0. The van der Waals surface area contributed by atoms with Gasteiger partial charge >= 0.3 is 5.97 Å². The Bertz CT molecular complexity index is 408. The molecular formula is C11H21NO5S. The Morgan fingerprint density at radius 2 is 1.78 bits per heavy atom. The van der Waals surface area contributed by atoms with Crippen LogP contribution in [0.4, 0.5) is 0 Å². The van der Waals surface area contributed by atoms with Crippen molar-refractivity contribution in [2.24, 2.45) is 5.41 Å². The Hall–Kier alpha value is -1.11. The summed E-state index contributed by atoms with van der Waals surface area (Å²) in [6, 6.07) is -0.559. The third kappa shape index (κ3) is 10.1. The van der Waals surface area contributed by atoms with Crippen LogP contribution in [0.3, 0.4) is 0 Å². The van der Waals surface area contributed by atoms with Crippen LogP contribution >= 0.6 is 0 Å². The van der Waals surface area contributed by atoms with Crippen molar-refractivity contribution < 1.29 is 23.1 Å². The molecule has 0 aromatic carbocycles. The Labute approximate surface area is 108 Å². The molecule has 0 aliphatic rings. The summed E-state index contributed by atoms with van der Waals surface area (Å²) in [5.74, 6) is -2.30. The topological polar surface area (TPSA) is 101 Å². The average molecular weight is 279 g/mol. The van der Waals surface area contributed by atoms with E-state index in [0.29, 0.717) is 6.42 Å². The molecule has 0 saturated carbocycles. The predicted molar refractivity (Wildman–Crippen MR) is 68.0 cm³/mol. The number of carbonyl (C=O) groups excluding carboxylic acids is 1. The lowest BCUT2D eigenvalue weighted by Crippen LogP contribution is -2.41. The molecule has 0 rings (SSSR count). The van der Waals surface area contributed by atoms with Crippen molar-refractivity contribution in [1.29, 1.82) is 0 Å². The van der Waals surface area contributed by atoms with Crippen molar-refractivity contribution in [2.45, 2.75) is 39.7 Å². The number of amides is 1. The number of carbonyl (C=O) groups is 2. The molecule has 2 N–H and O–H groups in total. The van der Waals surface area contributed by atoms with Gasteiger partial charge in [-0.2, -0.15) is 0 Å². The van der Waals surface area contributed by atoms with E-state index in [0.717, 1.165) is 6.26 Å². The number of hydrogen-bond donors (Lipinski definition) is 2. The molecule has 0 saturated heterocycles. The summed E-state index contributed by atoms with van der Waals surface area (Å²) in [5.41, 5.74) is -0.154. The second kappa shape index (κ2) is 6.17. The largest absolute Gasteiger partial charge is 0.481 e. The second-order valence-electron chi connectivity index (χ2n) is 5.70. The van der Waals surface area contributed by atoms with E-state index in [1.54, 1.807) is 0 Å². The Balaban J connectivity index is 4.59. The summed E-state index contributed by atoms with van der Waals surface area (Å²) < 4.78 is 21.9. The van der Waals surface area contributed by atoms with Crippen LogP contribution in [0.2, 0.25) is 0 Å². The molecule has 1 atom stereocenters. The van der Waals surface area contributed by atoms with Gasteiger partial charge in [0.25, 0.3) is 0 Å². The van der Waals surface area contributed by atoms with Crippen LogP contribution < -0.4 is 5.32 Å². The van der Waals surface area contributed by atoms with E-state index >= 15 is 0 Å². The van der Waals surface area contributed by atoms with Crippen LogP contribution in [0.1, 0.15) is 33.6 Å². The van der Waals surface area contributed by atoms with Gasteiger partial charge in [-0.15, -0.1) is 0 Å². The zero-order valence-corrected chi connectivity index (χ0v) is 12.0. The van der Waals surface area contributed by atoms with Gasteiger partial charge in [-0.25, -0.2) is 8.42 Å². The highest BCUT2D eigenvalue weighted by molar-refractivity contribution is 7.91. The van der Waals surface area contributed by atoms with E-state index < -0.39 is 33.5 Å². The van der Waals surface area contributed by atoms with E-state index in [1.807, 2.05) is 20.8 Å². The highest BCUT2D eigenvalue weighted by Crippen LogP contribution is 2.22. The molecule has 0 aromatic heterocycles. The van der Waals surface area contributed by atoms with Crippen molar-refractivity contribution in [3.63, 3.8) is 0 Å². The van der Waals surface area contributed by atoms with Gasteiger partial charge in [0.1, 0.15) is 5.75 Å². The highest BCUT2D eigenvalue weighted by atomic mass is 32.2. The Morgan fingerprint density at radius 1 is 1.28 bits per heavy atom. The molecular weight excluding hydrogens is 258 g/mol. The summed E-state index contributed by atoms with van der Waals surface area (Å²) in [7, 11) is -3.40. The number of hydrogen-bond acceptors (Lipinski definition) is 4. The first-order valence-corrected chi connectivity index (χ1v) is 7.64. The van der Waals surface area contributed by atoms with Crippen LogP contribution in [0, 0.1) is 5.41 Å². The van der Waals surface area contributed by atoms with Crippen LogP contribution in [0.25, 0.3) is 0 Å². The van der Waals surface area contributed by atoms with E-state index in [2.05, 4.69) is 5.32 Å². The van der Waals surface area contributed by atoms with E-state index in [9.17, 15) is 18.0 Å². The van der Waals surface area contributed by atoms with E-state index in [1.165, 1.54) is 0 Å². The van der Waals surface area contributed by atoms with Crippen molar-refractivity contribution >= 4 is 21.7 Å². The number of aliphatic carboxylic acids is 1. The van der Waals surface area contributed by atoms with Crippen LogP contribution in [0.15, 0.2) is 0 Å². The zero-order chi connectivity index (χ0) is 14.6. The average Bonchev–Trinajstić information content (AvgIpc) is 1.92. The molecule has 18 heavy (non-hydrogen) atoms. The molecule has 0 spiro atoms. The second-order valence-corrected chi connectivity index (χ2v) is 7.84. The standard InChI is InChI=1S/C11H21NO5S/c1-11(2,3)6-8(5-10(14)15)12-9(13)7-18(4,16)17/h8H,5-7H2,1-4H3,(H,12,13)(H,14,15). The number of carboxylic acid groups (broad SMARTS) is 1. The van der Waals surface area contributed by atoms with Gasteiger partial charge < -0.3 is 10.4 Å². The van der Waals surface area contributed by atoms with Crippen molar-refractivity contribution in [3.8, 4) is 0 Å². The maximum absolute atomic E-state index is 11.5. The van der Waals surface area contributed by atoms with Crippen LogP contribution in [0.5, 0.6) is 0 Å². The van der Waals surface area contributed by atoms with Gasteiger partial charge in [-0.1, -0.05) is 20.8 Å². The molecule has 0 radical (unpaired) electrons. The zero-order valence-electron chi connectivity index (χ0n) is 11.2. The molecule has 1 amide bonds. The fraction of sp³-hybridized carbons (Fsp3) is 0.818. The van der Waals surface area contributed by atoms with Crippen LogP contribution in [-0.4, -0.2) is 43.5 Å². The molecule has 0 aromatic rings. The number of sulfone groups is 1.